The van der Waals surface area contributed by atoms with Crippen LogP contribution < -0.4 is 5.32 Å². The molecule has 0 saturated heterocycles. The summed E-state index contributed by atoms with van der Waals surface area (Å²) in [6.07, 6.45) is 3.94. The van der Waals surface area contributed by atoms with Gasteiger partial charge in [-0.3, -0.25) is 9.69 Å². The van der Waals surface area contributed by atoms with Gasteiger partial charge < -0.3 is 9.88 Å². The Hall–Kier alpha value is -2.85. The smallest absolute Gasteiger partial charge is 0.251 e. The van der Waals surface area contributed by atoms with Gasteiger partial charge in [0, 0.05) is 36.7 Å². The number of carbonyl (C=O) groups excluding carboxylic acids is 1. The molecule has 0 fully saturated rings. The van der Waals surface area contributed by atoms with Gasteiger partial charge >= 0.3 is 0 Å². The van der Waals surface area contributed by atoms with Crippen LogP contribution in [-0.4, -0.2) is 28.5 Å². The molecule has 4 nitrogen and oxygen atoms in total. The van der Waals surface area contributed by atoms with Gasteiger partial charge in [0.1, 0.15) is 0 Å². The van der Waals surface area contributed by atoms with Gasteiger partial charge in [0.15, 0.2) is 0 Å². The van der Waals surface area contributed by atoms with Crippen LogP contribution in [0.5, 0.6) is 0 Å². The van der Waals surface area contributed by atoms with Crippen LogP contribution in [0.4, 0.5) is 0 Å². The molecule has 0 radical (unpaired) electrons. The Morgan fingerprint density at radius 1 is 0.926 bits per heavy atom. The zero-order valence-corrected chi connectivity index (χ0v) is 16.1. The van der Waals surface area contributed by atoms with Crippen molar-refractivity contribution in [2.45, 2.75) is 26.9 Å². The van der Waals surface area contributed by atoms with E-state index in [9.17, 15) is 4.79 Å². The lowest BCUT2D eigenvalue weighted by Gasteiger charge is -2.18. The van der Waals surface area contributed by atoms with E-state index in [0.29, 0.717) is 12.1 Å². The van der Waals surface area contributed by atoms with E-state index in [1.807, 2.05) is 53.4 Å². The Bertz CT molecular complexity index is 850. The number of benzene rings is 2. The number of nitrogens with zero attached hydrogens (tertiary/aromatic N) is 2. The summed E-state index contributed by atoms with van der Waals surface area (Å²) in [5.41, 5.74) is 4.05. The Morgan fingerprint density at radius 2 is 1.59 bits per heavy atom. The number of aromatic nitrogens is 1. The minimum Gasteiger partial charge on any atom is -0.348 e. The molecule has 0 bridgehead atoms. The zero-order valence-electron chi connectivity index (χ0n) is 16.1. The molecular weight excluding hydrogens is 334 g/mol. The molecule has 4 heteroatoms. The van der Waals surface area contributed by atoms with Crippen molar-refractivity contribution in [2.75, 3.05) is 13.1 Å². The van der Waals surface area contributed by atoms with E-state index in [1.54, 1.807) is 0 Å². The van der Waals surface area contributed by atoms with Crippen LogP contribution in [0.25, 0.3) is 5.69 Å². The molecule has 1 aromatic heterocycles. The van der Waals surface area contributed by atoms with E-state index >= 15 is 0 Å². The molecule has 0 atom stereocenters. The maximum absolute atomic E-state index is 12.5. The van der Waals surface area contributed by atoms with Crippen molar-refractivity contribution in [2.24, 2.45) is 0 Å². The largest absolute Gasteiger partial charge is 0.348 e. The molecule has 3 rings (SSSR count). The van der Waals surface area contributed by atoms with Crippen molar-refractivity contribution in [1.29, 1.82) is 0 Å². The minimum absolute atomic E-state index is 0.0591. The quantitative estimate of drug-likeness (QED) is 0.651. The molecule has 0 unspecified atom stereocenters. The van der Waals surface area contributed by atoms with Crippen molar-refractivity contribution < 1.29 is 4.79 Å². The number of rotatable bonds is 8. The fourth-order valence-corrected chi connectivity index (χ4v) is 3.07. The molecule has 1 N–H and O–H groups in total. The summed E-state index contributed by atoms with van der Waals surface area (Å²) in [5.74, 6) is -0.0591. The normalized spacial score (nSPS) is 10.9. The number of amides is 1. The van der Waals surface area contributed by atoms with Crippen LogP contribution >= 0.6 is 0 Å². The first-order valence-electron chi connectivity index (χ1n) is 9.51. The van der Waals surface area contributed by atoms with E-state index in [2.05, 4.69) is 48.3 Å². The molecule has 1 heterocycles. The summed E-state index contributed by atoms with van der Waals surface area (Å²) in [6, 6.07) is 20.1. The Labute approximate surface area is 161 Å². The summed E-state index contributed by atoms with van der Waals surface area (Å²) in [4.78, 5) is 14.9. The number of nitrogens with one attached hydrogen (secondary N) is 1. The van der Waals surface area contributed by atoms with Gasteiger partial charge in [-0.2, -0.15) is 0 Å². The van der Waals surface area contributed by atoms with Gasteiger partial charge in [0.25, 0.3) is 5.91 Å². The molecule has 140 valence electrons. The van der Waals surface area contributed by atoms with E-state index < -0.39 is 0 Å². The van der Waals surface area contributed by atoms with Crippen LogP contribution in [-0.2, 0) is 13.1 Å². The Balaban J connectivity index is 1.58. The van der Waals surface area contributed by atoms with Gasteiger partial charge in [-0.25, -0.2) is 0 Å². The van der Waals surface area contributed by atoms with E-state index in [-0.39, 0.29) is 5.91 Å². The lowest BCUT2D eigenvalue weighted by atomic mass is 10.1. The number of hydrogen-bond donors (Lipinski definition) is 1. The second kappa shape index (κ2) is 9.19. The SMILES string of the molecule is CCN(CC)Cc1ccc(CNC(=O)c2cccc(-n3cccc3)c2)cc1. The first-order chi connectivity index (χ1) is 13.2. The zero-order chi connectivity index (χ0) is 19.1. The topological polar surface area (TPSA) is 37.3 Å². The van der Waals surface area contributed by atoms with Crippen molar-refractivity contribution in [3.05, 3.63) is 89.7 Å². The van der Waals surface area contributed by atoms with Gasteiger partial charge in [-0.1, -0.05) is 44.2 Å². The van der Waals surface area contributed by atoms with Gasteiger partial charge in [-0.05, 0) is 54.5 Å². The van der Waals surface area contributed by atoms with Crippen molar-refractivity contribution >= 4 is 5.91 Å². The number of carbonyl (C=O) groups is 1. The Morgan fingerprint density at radius 3 is 2.26 bits per heavy atom. The second-order valence-corrected chi connectivity index (χ2v) is 6.60. The van der Waals surface area contributed by atoms with Crippen LogP contribution in [0.15, 0.2) is 73.1 Å². The van der Waals surface area contributed by atoms with Gasteiger partial charge in [0.05, 0.1) is 0 Å². The summed E-state index contributed by atoms with van der Waals surface area (Å²) in [6.45, 7) is 7.95. The molecule has 2 aromatic carbocycles. The first-order valence-corrected chi connectivity index (χ1v) is 9.51. The van der Waals surface area contributed by atoms with Crippen LogP contribution in [0, 0.1) is 0 Å². The van der Waals surface area contributed by atoms with Crippen molar-refractivity contribution in [3.8, 4) is 5.69 Å². The monoisotopic (exact) mass is 361 g/mol. The van der Waals surface area contributed by atoms with E-state index in [0.717, 1.165) is 30.9 Å². The first kappa shape index (κ1) is 18.9. The average Bonchev–Trinajstić information content (AvgIpc) is 3.26. The highest BCUT2D eigenvalue weighted by Crippen LogP contribution is 2.12. The molecule has 0 aliphatic carbocycles. The third kappa shape index (κ3) is 5.08. The van der Waals surface area contributed by atoms with Crippen LogP contribution in [0.2, 0.25) is 0 Å². The standard InChI is InChI=1S/C23H27N3O/c1-3-25(4-2)18-20-12-10-19(11-13-20)17-24-23(27)21-8-7-9-22(16-21)26-14-5-6-15-26/h5-16H,3-4,17-18H2,1-2H3,(H,24,27). The highest BCUT2D eigenvalue weighted by Gasteiger charge is 2.07. The lowest BCUT2D eigenvalue weighted by molar-refractivity contribution is 0.0951. The second-order valence-electron chi connectivity index (χ2n) is 6.60. The molecule has 0 saturated carbocycles. The molecule has 0 aliphatic heterocycles. The summed E-state index contributed by atoms with van der Waals surface area (Å²) in [7, 11) is 0. The molecule has 0 spiro atoms. The molecule has 27 heavy (non-hydrogen) atoms. The van der Waals surface area contributed by atoms with E-state index in [1.165, 1.54) is 5.56 Å². The molecule has 3 aromatic rings. The highest BCUT2D eigenvalue weighted by molar-refractivity contribution is 5.94. The average molecular weight is 361 g/mol. The third-order valence-corrected chi connectivity index (χ3v) is 4.79. The van der Waals surface area contributed by atoms with Crippen LogP contribution in [0.3, 0.4) is 0 Å². The molecule has 1 amide bonds. The predicted molar refractivity (Wildman–Crippen MR) is 110 cm³/mol. The summed E-state index contributed by atoms with van der Waals surface area (Å²) < 4.78 is 1.99. The minimum atomic E-state index is -0.0591. The van der Waals surface area contributed by atoms with Gasteiger partial charge in [-0.15, -0.1) is 0 Å². The van der Waals surface area contributed by atoms with Crippen molar-refractivity contribution in [3.63, 3.8) is 0 Å². The number of hydrogen-bond acceptors (Lipinski definition) is 2. The Kier molecular flexibility index (Phi) is 6.44. The molecular formula is C23H27N3O. The highest BCUT2D eigenvalue weighted by atomic mass is 16.1. The third-order valence-electron chi connectivity index (χ3n) is 4.79. The van der Waals surface area contributed by atoms with Crippen LogP contribution in [0.1, 0.15) is 35.3 Å². The maximum atomic E-state index is 12.5. The maximum Gasteiger partial charge on any atom is 0.251 e. The fourth-order valence-electron chi connectivity index (χ4n) is 3.07. The molecule has 0 aliphatic rings. The fraction of sp³-hybridized carbons (Fsp3) is 0.261. The van der Waals surface area contributed by atoms with Crippen molar-refractivity contribution in [1.82, 2.24) is 14.8 Å². The summed E-state index contributed by atoms with van der Waals surface area (Å²) >= 11 is 0. The van der Waals surface area contributed by atoms with E-state index in [4.69, 9.17) is 0 Å². The van der Waals surface area contributed by atoms with Gasteiger partial charge in [0.2, 0.25) is 0 Å². The predicted octanol–water partition coefficient (Wildman–Crippen LogP) is 4.25. The lowest BCUT2D eigenvalue weighted by Crippen LogP contribution is -2.23. The summed E-state index contributed by atoms with van der Waals surface area (Å²) in [5, 5.41) is 3.01.